The van der Waals surface area contributed by atoms with Gasteiger partial charge in [-0.3, -0.25) is 14.5 Å². The van der Waals surface area contributed by atoms with Crippen LogP contribution in [0.1, 0.15) is 18.1 Å². The Kier molecular flexibility index (Phi) is 7.81. The van der Waals surface area contributed by atoms with Crippen molar-refractivity contribution in [2.75, 3.05) is 13.7 Å². The highest BCUT2D eigenvalue weighted by Crippen LogP contribution is 2.37. The molecule has 8 nitrogen and oxygen atoms in total. The SMILES string of the molecule is CCOc1cc(/C=C2\SC(=O)N(Cc3cccc4ccccc34)C2=O)ccc1OS(=O)(=O)c1ccc(OC)cc1. The van der Waals surface area contributed by atoms with Crippen molar-refractivity contribution >= 4 is 49.9 Å². The van der Waals surface area contributed by atoms with Gasteiger partial charge in [-0.1, -0.05) is 48.5 Å². The molecule has 2 amide bonds. The smallest absolute Gasteiger partial charge is 0.339 e. The molecular weight excluding hydrogens is 550 g/mol. The minimum absolute atomic E-state index is 0.00104. The lowest BCUT2D eigenvalue weighted by molar-refractivity contribution is -0.123. The Morgan fingerprint density at radius 1 is 0.900 bits per heavy atom. The van der Waals surface area contributed by atoms with E-state index in [-0.39, 0.29) is 39.7 Å². The van der Waals surface area contributed by atoms with Crippen LogP contribution in [0.3, 0.4) is 0 Å². The molecule has 5 rings (SSSR count). The van der Waals surface area contributed by atoms with Crippen molar-refractivity contribution in [3.8, 4) is 17.2 Å². The Hall–Kier alpha value is -4.28. The molecule has 0 spiro atoms. The molecule has 1 aliphatic heterocycles. The van der Waals surface area contributed by atoms with Crippen LogP contribution in [0.4, 0.5) is 4.79 Å². The fourth-order valence-electron chi connectivity index (χ4n) is 4.25. The standard InChI is InChI=1S/C30H25NO7S2/c1-3-37-27-17-20(11-16-26(27)38-40(34,35)24-14-12-23(36-2)13-15-24)18-28-29(32)31(30(33)39-28)19-22-9-6-8-21-7-4-5-10-25(21)22/h4-18H,3,19H2,1-2H3/b28-18-. The maximum absolute atomic E-state index is 13.2. The van der Waals surface area contributed by atoms with Crippen LogP contribution in [-0.4, -0.2) is 38.2 Å². The first-order valence-electron chi connectivity index (χ1n) is 12.4. The van der Waals surface area contributed by atoms with Gasteiger partial charge in [0.15, 0.2) is 11.5 Å². The number of hydrogen-bond acceptors (Lipinski definition) is 8. The van der Waals surface area contributed by atoms with Crippen LogP contribution >= 0.6 is 11.8 Å². The maximum atomic E-state index is 13.2. The number of amides is 2. The number of rotatable bonds is 9. The molecule has 0 aliphatic carbocycles. The molecule has 0 aromatic heterocycles. The van der Waals surface area contributed by atoms with Crippen molar-refractivity contribution in [3.63, 3.8) is 0 Å². The average Bonchev–Trinajstić information content (AvgIpc) is 3.22. The van der Waals surface area contributed by atoms with Crippen LogP contribution in [0.5, 0.6) is 17.2 Å². The highest BCUT2D eigenvalue weighted by Gasteiger charge is 2.35. The number of fused-ring (bicyclic) bond motifs is 1. The second-order valence-electron chi connectivity index (χ2n) is 8.76. The number of benzene rings is 4. The fraction of sp³-hybridized carbons (Fsp3) is 0.133. The van der Waals surface area contributed by atoms with E-state index in [0.717, 1.165) is 28.1 Å². The van der Waals surface area contributed by atoms with E-state index in [1.165, 1.54) is 42.3 Å². The monoisotopic (exact) mass is 575 g/mol. The van der Waals surface area contributed by atoms with Crippen LogP contribution in [0.25, 0.3) is 16.8 Å². The summed E-state index contributed by atoms with van der Waals surface area (Å²) in [5.74, 6) is 0.297. The molecule has 0 radical (unpaired) electrons. The zero-order valence-corrected chi connectivity index (χ0v) is 23.3. The molecule has 4 aromatic rings. The predicted octanol–water partition coefficient (Wildman–Crippen LogP) is 6.25. The molecule has 0 atom stereocenters. The van der Waals surface area contributed by atoms with Crippen molar-refractivity contribution in [1.29, 1.82) is 0 Å². The summed E-state index contributed by atoms with van der Waals surface area (Å²) >= 11 is 0.855. The first-order chi connectivity index (χ1) is 19.3. The minimum Gasteiger partial charge on any atom is -0.497 e. The van der Waals surface area contributed by atoms with E-state index in [0.29, 0.717) is 11.3 Å². The van der Waals surface area contributed by atoms with E-state index >= 15 is 0 Å². The zero-order valence-electron chi connectivity index (χ0n) is 21.7. The number of carbonyl (C=O) groups excluding carboxylic acids is 2. The molecule has 1 aliphatic rings. The largest absolute Gasteiger partial charge is 0.497 e. The summed E-state index contributed by atoms with van der Waals surface area (Å²) in [6, 6.07) is 24.0. The van der Waals surface area contributed by atoms with Gasteiger partial charge in [-0.25, -0.2) is 0 Å². The van der Waals surface area contributed by atoms with Gasteiger partial charge in [-0.2, -0.15) is 8.42 Å². The molecule has 10 heteroatoms. The van der Waals surface area contributed by atoms with E-state index < -0.39 is 16.0 Å². The van der Waals surface area contributed by atoms with Gasteiger partial charge in [-0.05, 0) is 83.1 Å². The number of methoxy groups -OCH3 is 1. The first-order valence-corrected chi connectivity index (χ1v) is 14.6. The third-order valence-corrected chi connectivity index (χ3v) is 8.35. The molecule has 1 heterocycles. The van der Waals surface area contributed by atoms with Crippen molar-refractivity contribution < 1.29 is 31.7 Å². The van der Waals surface area contributed by atoms with Crippen LogP contribution < -0.4 is 13.7 Å². The Morgan fingerprint density at radius 3 is 2.40 bits per heavy atom. The molecule has 40 heavy (non-hydrogen) atoms. The molecule has 1 fully saturated rings. The normalized spacial score (nSPS) is 14.7. The third-order valence-electron chi connectivity index (χ3n) is 6.19. The molecule has 0 N–H and O–H groups in total. The van der Waals surface area contributed by atoms with Gasteiger partial charge in [0.25, 0.3) is 11.1 Å². The molecule has 204 valence electrons. The Morgan fingerprint density at radius 2 is 1.65 bits per heavy atom. The molecule has 0 unspecified atom stereocenters. The lowest BCUT2D eigenvalue weighted by Gasteiger charge is -2.14. The van der Waals surface area contributed by atoms with E-state index in [1.807, 2.05) is 42.5 Å². The summed E-state index contributed by atoms with van der Waals surface area (Å²) < 4.78 is 41.8. The van der Waals surface area contributed by atoms with Crippen LogP contribution in [0.2, 0.25) is 0 Å². The Labute approximate surface area is 236 Å². The lowest BCUT2D eigenvalue weighted by Crippen LogP contribution is -2.27. The molecule has 4 aromatic carbocycles. The number of thioether (sulfide) groups is 1. The van der Waals surface area contributed by atoms with Crippen molar-refractivity contribution in [2.24, 2.45) is 0 Å². The second kappa shape index (κ2) is 11.4. The topological polar surface area (TPSA) is 99.2 Å². The summed E-state index contributed by atoms with van der Waals surface area (Å²) in [5.41, 5.74) is 1.42. The van der Waals surface area contributed by atoms with E-state index in [1.54, 1.807) is 25.1 Å². The van der Waals surface area contributed by atoms with E-state index in [2.05, 4.69) is 0 Å². The van der Waals surface area contributed by atoms with Gasteiger partial charge >= 0.3 is 10.1 Å². The van der Waals surface area contributed by atoms with Crippen LogP contribution in [0, 0.1) is 0 Å². The number of hydrogen-bond donors (Lipinski definition) is 0. The van der Waals surface area contributed by atoms with Gasteiger partial charge in [0.05, 0.1) is 25.2 Å². The fourth-order valence-corrected chi connectivity index (χ4v) is 6.03. The molecule has 0 saturated carbocycles. The summed E-state index contributed by atoms with van der Waals surface area (Å²) in [6.07, 6.45) is 1.58. The summed E-state index contributed by atoms with van der Waals surface area (Å²) in [6.45, 7) is 2.17. The minimum atomic E-state index is -4.14. The van der Waals surface area contributed by atoms with Crippen LogP contribution in [-0.2, 0) is 21.5 Å². The van der Waals surface area contributed by atoms with Gasteiger partial charge in [0, 0.05) is 0 Å². The summed E-state index contributed by atoms with van der Waals surface area (Å²) in [5, 5.41) is 1.65. The molecular formula is C30H25NO7S2. The summed E-state index contributed by atoms with van der Waals surface area (Å²) in [4.78, 5) is 27.4. The highest BCUT2D eigenvalue weighted by molar-refractivity contribution is 8.18. The molecule has 1 saturated heterocycles. The number of imide groups is 1. The third kappa shape index (κ3) is 5.68. The molecule has 0 bridgehead atoms. The number of nitrogens with zero attached hydrogens (tertiary/aromatic N) is 1. The van der Waals surface area contributed by atoms with Crippen LogP contribution in [0.15, 0.2) is 94.7 Å². The zero-order chi connectivity index (χ0) is 28.3. The average molecular weight is 576 g/mol. The van der Waals surface area contributed by atoms with Crippen molar-refractivity contribution in [1.82, 2.24) is 4.90 Å². The Balaban J connectivity index is 1.38. The van der Waals surface area contributed by atoms with Gasteiger partial charge in [0.1, 0.15) is 10.6 Å². The van der Waals surface area contributed by atoms with E-state index in [9.17, 15) is 18.0 Å². The van der Waals surface area contributed by atoms with Crippen molar-refractivity contribution in [3.05, 3.63) is 101 Å². The summed E-state index contributed by atoms with van der Waals surface area (Å²) in [7, 11) is -2.66. The lowest BCUT2D eigenvalue weighted by atomic mass is 10.0. The highest BCUT2D eigenvalue weighted by atomic mass is 32.2. The van der Waals surface area contributed by atoms with Crippen molar-refractivity contribution in [2.45, 2.75) is 18.4 Å². The predicted molar refractivity (Wildman–Crippen MR) is 154 cm³/mol. The quantitative estimate of drug-likeness (QED) is 0.171. The number of ether oxygens (including phenoxy) is 2. The first kappa shape index (κ1) is 27.3. The Bertz CT molecular complexity index is 1730. The van der Waals surface area contributed by atoms with E-state index in [4.69, 9.17) is 13.7 Å². The number of carbonyl (C=O) groups is 2. The van der Waals surface area contributed by atoms with Gasteiger partial charge in [0.2, 0.25) is 0 Å². The van der Waals surface area contributed by atoms with Gasteiger partial charge in [-0.15, -0.1) is 0 Å². The van der Waals surface area contributed by atoms with Gasteiger partial charge < -0.3 is 13.7 Å². The maximum Gasteiger partial charge on any atom is 0.339 e. The second-order valence-corrected chi connectivity index (χ2v) is 11.3.